The maximum atomic E-state index is 2.49. The summed E-state index contributed by atoms with van der Waals surface area (Å²) in [5.41, 5.74) is 18.3. The van der Waals surface area contributed by atoms with E-state index in [1.165, 1.54) is 97.8 Å². The van der Waals surface area contributed by atoms with Crippen molar-refractivity contribution in [3.63, 3.8) is 0 Å². The highest BCUT2D eigenvalue weighted by Gasteiger charge is 2.22. The van der Waals surface area contributed by atoms with Crippen molar-refractivity contribution in [1.82, 2.24) is 9.13 Å². The highest BCUT2D eigenvalue weighted by atomic mass is 15.1. The Bertz CT molecular complexity index is 4990. The third-order valence-electron chi connectivity index (χ3n) is 17.6. The van der Waals surface area contributed by atoms with E-state index in [9.17, 15) is 0 Å². The Morgan fingerprint density at radius 2 is 0.488 bits per heavy atom. The number of rotatable bonds is 10. The van der Waals surface area contributed by atoms with E-state index in [1.807, 2.05) is 0 Å². The van der Waals surface area contributed by atoms with Gasteiger partial charge in [-0.05, 0) is 223 Å². The maximum Gasteiger partial charge on any atom is 0.0547 e. The molecule has 0 spiro atoms. The smallest absolute Gasteiger partial charge is 0.0547 e. The van der Waals surface area contributed by atoms with Gasteiger partial charge < -0.3 is 18.9 Å². The molecule has 0 fully saturated rings. The standard InChI is InChI=1S/C82H54N4/c1-7-23-59(24-8-1)83(60-25-9-2-10-26-60)65-43-39-55(40-44-65)69-47-57-49-72-58(50-71(57)73-51-77-67-35-19-21-37-79(67)85(81(77)53-75(69)73)63-31-15-5-16-32-63)48-70(56-41-45-66(46-42-56)84(61-27-11-3-12-28-61)62-29-13-4-14-30-62)76-54-82-78(52-74(72)76)68-36-20-22-38-80(68)86(82)64-33-17-6-18-34-64/h1-54H. The van der Waals surface area contributed by atoms with E-state index >= 15 is 0 Å². The Morgan fingerprint density at radius 3 is 0.837 bits per heavy atom. The van der Waals surface area contributed by atoms with E-state index in [0.717, 1.165) is 56.6 Å². The van der Waals surface area contributed by atoms with Gasteiger partial charge in [-0.3, -0.25) is 0 Å². The lowest BCUT2D eigenvalue weighted by atomic mass is 9.87. The number of anilines is 6. The van der Waals surface area contributed by atoms with Crippen LogP contribution >= 0.6 is 0 Å². The van der Waals surface area contributed by atoms with Gasteiger partial charge in [0.25, 0.3) is 0 Å². The number of hydrogen-bond donors (Lipinski definition) is 0. The zero-order valence-electron chi connectivity index (χ0n) is 47.0. The van der Waals surface area contributed by atoms with Crippen molar-refractivity contribution in [3.05, 3.63) is 328 Å². The molecule has 15 aromatic carbocycles. The summed E-state index contributed by atoms with van der Waals surface area (Å²) >= 11 is 0. The molecule has 17 aromatic rings. The predicted octanol–water partition coefficient (Wildman–Crippen LogP) is 22.8. The Labute approximate surface area is 498 Å². The van der Waals surface area contributed by atoms with Crippen molar-refractivity contribution < 1.29 is 0 Å². The first-order valence-corrected chi connectivity index (χ1v) is 29.6. The minimum absolute atomic E-state index is 1.09. The fraction of sp³-hybridized carbons (Fsp3) is 0. The Kier molecular flexibility index (Phi) is 11.5. The third-order valence-corrected chi connectivity index (χ3v) is 17.6. The van der Waals surface area contributed by atoms with E-state index in [0.29, 0.717) is 0 Å². The van der Waals surface area contributed by atoms with Gasteiger partial charge in [-0.15, -0.1) is 0 Å². The molecule has 0 amide bonds. The SMILES string of the molecule is c1ccc(N(c2ccccc2)c2ccc(-c3cc4cc5c(cc(-c6ccc(N(c7ccccc7)c7ccccc7)cc6)c6cc7c(cc65)c5ccccc5n7-c5ccccc5)cc4c4cc5c6ccccc6n(-c6ccccc6)c5cc34)cc2)cc1. The average Bonchev–Trinajstić information content (AvgIpc) is 1.91. The topological polar surface area (TPSA) is 16.3 Å². The molecule has 0 saturated carbocycles. The van der Waals surface area contributed by atoms with Gasteiger partial charge in [0.2, 0.25) is 0 Å². The quantitative estimate of drug-likeness (QED) is 0.100. The largest absolute Gasteiger partial charge is 0.311 e. The van der Waals surface area contributed by atoms with Gasteiger partial charge in [-0.1, -0.05) is 170 Å². The van der Waals surface area contributed by atoms with Crippen molar-refractivity contribution in [3.8, 4) is 33.6 Å². The second kappa shape index (κ2) is 20.2. The molecular weight excluding hydrogens is 1040 g/mol. The first kappa shape index (κ1) is 49.2. The zero-order chi connectivity index (χ0) is 56.7. The summed E-state index contributed by atoms with van der Waals surface area (Å²) in [5.74, 6) is 0. The molecule has 4 nitrogen and oxygen atoms in total. The molecule has 0 saturated heterocycles. The number of benzene rings is 15. The van der Waals surface area contributed by atoms with Gasteiger partial charge in [0.15, 0.2) is 0 Å². The lowest BCUT2D eigenvalue weighted by molar-refractivity contribution is 1.18. The number of fused-ring (bicyclic) bond motifs is 12. The van der Waals surface area contributed by atoms with Crippen LogP contribution in [0.2, 0.25) is 0 Å². The summed E-state index contributed by atoms with van der Waals surface area (Å²) in [6.07, 6.45) is 0. The second-order valence-electron chi connectivity index (χ2n) is 22.5. The van der Waals surface area contributed by atoms with Gasteiger partial charge in [-0.25, -0.2) is 0 Å². The van der Waals surface area contributed by atoms with Crippen molar-refractivity contribution in [2.75, 3.05) is 9.80 Å². The van der Waals surface area contributed by atoms with Gasteiger partial charge >= 0.3 is 0 Å². The molecule has 86 heavy (non-hydrogen) atoms. The van der Waals surface area contributed by atoms with Gasteiger partial charge in [-0.2, -0.15) is 0 Å². The summed E-state index contributed by atoms with van der Waals surface area (Å²) in [6, 6.07) is 120. The van der Waals surface area contributed by atoms with Gasteiger partial charge in [0, 0.05) is 67.0 Å². The Balaban J connectivity index is 0.940. The first-order chi connectivity index (χ1) is 42.7. The molecule has 0 bridgehead atoms. The molecule has 0 aliphatic heterocycles. The van der Waals surface area contributed by atoms with E-state index in [2.05, 4.69) is 347 Å². The molecule has 0 N–H and O–H groups in total. The summed E-state index contributed by atoms with van der Waals surface area (Å²) in [4.78, 5) is 4.67. The minimum atomic E-state index is 1.09. The molecule has 0 radical (unpaired) electrons. The first-order valence-electron chi connectivity index (χ1n) is 29.6. The second-order valence-corrected chi connectivity index (χ2v) is 22.5. The van der Waals surface area contributed by atoms with Crippen LogP contribution < -0.4 is 9.80 Å². The van der Waals surface area contributed by atoms with E-state index < -0.39 is 0 Å². The maximum absolute atomic E-state index is 2.49. The van der Waals surface area contributed by atoms with Crippen molar-refractivity contribution in [1.29, 1.82) is 0 Å². The molecule has 0 aliphatic rings. The fourth-order valence-corrected chi connectivity index (χ4v) is 13.7. The molecule has 4 heteroatoms. The number of aromatic nitrogens is 2. The van der Waals surface area contributed by atoms with E-state index in [-0.39, 0.29) is 0 Å². The third kappa shape index (κ3) is 8.07. The molecule has 2 heterocycles. The summed E-state index contributed by atoms with van der Waals surface area (Å²) < 4.78 is 4.88. The molecular formula is C82H54N4. The van der Waals surface area contributed by atoms with E-state index in [1.54, 1.807) is 0 Å². The predicted molar refractivity (Wildman–Crippen MR) is 365 cm³/mol. The van der Waals surface area contributed by atoms with Crippen LogP contribution in [0.25, 0.3) is 120 Å². The van der Waals surface area contributed by atoms with E-state index in [4.69, 9.17) is 0 Å². The monoisotopic (exact) mass is 1090 g/mol. The van der Waals surface area contributed by atoms with Crippen LogP contribution in [0.15, 0.2) is 328 Å². The van der Waals surface area contributed by atoms with Crippen LogP contribution in [-0.4, -0.2) is 9.13 Å². The highest BCUT2D eigenvalue weighted by molar-refractivity contribution is 6.27. The molecule has 2 aromatic heterocycles. The molecule has 0 unspecified atom stereocenters. The number of nitrogens with zero attached hydrogens (tertiary/aromatic N) is 4. The Morgan fingerprint density at radius 1 is 0.186 bits per heavy atom. The lowest BCUT2D eigenvalue weighted by Crippen LogP contribution is -2.09. The number of hydrogen-bond acceptors (Lipinski definition) is 2. The summed E-state index contributed by atoms with van der Waals surface area (Å²) in [6.45, 7) is 0. The molecule has 402 valence electrons. The lowest BCUT2D eigenvalue weighted by Gasteiger charge is -2.25. The van der Waals surface area contributed by atoms with Gasteiger partial charge in [0.05, 0.1) is 22.1 Å². The molecule has 0 aliphatic carbocycles. The highest BCUT2D eigenvalue weighted by Crippen LogP contribution is 2.47. The van der Waals surface area contributed by atoms with Crippen LogP contribution in [0.3, 0.4) is 0 Å². The number of para-hydroxylation sites is 8. The fourth-order valence-electron chi connectivity index (χ4n) is 13.7. The van der Waals surface area contributed by atoms with Crippen molar-refractivity contribution in [2.45, 2.75) is 0 Å². The van der Waals surface area contributed by atoms with Crippen LogP contribution in [0.1, 0.15) is 0 Å². The van der Waals surface area contributed by atoms with Crippen molar-refractivity contribution >= 4 is 121 Å². The van der Waals surface area contributed by atoms with Gasteiger partial charge in [0.1, 0.15) is 0 Å². The molecule has 0 atom stereocenters. The average molecular weight is 1100 g/mol. The normalized spacial score (nSPS) is 11.7. The van der Waals surface area contributed by atoms with Crippen LogP contribution in [0.5, 0.6) is 0 Å². The van der Waals surface area contributed by atoms with Crippen LogP contribution in [-0.2, 0) is 0 Å². The summed E-state index contributed by atoms with van der Waals surface area (Å²) in [5, 5.41) is 14.6. The Hall–Kier alpha value is -11.5. The molecule has 17 rings (SSSR count). The van der Waals surface area contributed by atoms with Crippen molar-refractivity contribution in [2.24, 2.45) is 0 Å². The van der Waals surface area contributed by atoms with Crippen LogP contribution in [0.4, 0.5) is 34.1 Å². The van der Waals surface area contributed by atoms with Crippen LogP contribution in [0, 0.1) is 0 Å². The minimum Gasteiger partial charge on any atom is -0.311 e. The summed E-state index contributed by atoms with van der Waals surface area (Å²) in [7, 11) is 0. The zero-order valence-corrected chi connectivity index (χ0v) is 47.0.